The molecule has 3 aromatic rings. The van der Waals surface area contributed by atoms with Gasteiger partial charge in [0.25, 0.3) is 0 Å². The van der Waals surface area contributed by atoms with E-state index in [4.69, 9.17) is 14.2 Å². The number of methoxy groups -OCH3 is 1. The number of hydrogen-bond acceptors (Lipinski definition) is 7. The molecule has 0 aliphatic carbocycles. The average molecular weight is 415 g/mol. The fourth-order valence-corrected chi connectivity index (χ4v) is 3.91. The van der Waals surface area contributed by atoms with E-state index >= 15 is 0 Å². The van der Waals surface area contributed by atoms with Gasteiger partial charge >= 0.3 is 5.97 Å². The summed E-state index contributed by atoms with van der Waals surface area (Å²) in [5.74, 6) is 1.03. The first-order valence-corrected chi connectivity index (χ1v) is 9.83. The Morgan fingerprint density at radius 3 is 2.62 bits per heavy atom. The van der Waals surface area contributed by atoms with Crippen molar-refractivity contribution in [3.8, 4) is 17.2 Å². The Bertz CT molecular complexity index is 1010. The van der Waals surface area contributed by atoms with Gasteiger partial charge in [0, 0.05) is 6.42 Å². The Labute approximate surface area is 170 Å². The first kappa shape index (κ1) is 19.3. The van der Waals surface area contributed by atoms with E-state index in [9.17, 15) is 9.18 Å². The number of hydrogen-bond donors (Lipinski definition) is 0. The van der Waals surface area contributed by atoms with E-state index in [-0.39, 0.29) is 17.8 Å². The summed E-state index contributed by atoms with van der Waals surface area (Å²) in [6.45, 7) is 0.446. The number of aromatic nitrogens is 3. The number of rotatable bonds is 7. The minimum Gasteiger partial charge on any atom is -0.497 e. The highest BCUT2D eigenvalue weighted by atomic mass is 32.2. The molecule has 0 bridgehead atoms. The van der Waals surface area contributed by atoms with Gasteiger partial charge in [-0.25, -0.2) is 4.39 Å². The third-order valence-corrected chi connectivity index (χ3v) is 5.54. The van der Waals surface area contributed by atoms with Crippen molar-refractivity contribution >= 4 is 17.7 Å². The summed E-state index contributed by atoms with van der Waals surface area (Å²) in [7, 11) is 1.59. The quantitative estimate of drug-likeness (QED) is 0.548. The van der Waals surface area contributed by atoms with Crippen LogP contribution in [0.4, 0.5) is 4.39 Å². The van der Waals surface area contributed by atoms with Crippen LogP contribution in [0.15, 0.2) is 53.7 Å². The maximum atomic E-state index is 14.5. The molecule has 0 unspecified atom stereocenters. The zero-order chi connectivity index (χ0) is 20.2. The van der Waals surface area contributed by atoms with Crippen LogP contribution in [-0.2, 0) is 16.1 Å². The van der Waals surface area contributed by atoms with Crippen molar-refractivity contribution in [2.75, 3.05) is 13.7 Å². The third-order valence-electron chi connectivity index (χ3n) is 4.36. The van der Waals surface area contributed by atoms with E-state index in [1.54, 1.807) is 54.1 Å². The van der Waals surface area contributed by atoms with E-state index in [2.05, 4.69) is 10.2 Å². The molecule has 7 nitrogen and oxygen atoms in total. The molecule has 4 rings (SSSR count). The highest BCUT2D eigenvalue weighted by molar-refractivity contribution is 8.00. The van der Waals surface area contributed by atoms with Crippen molar-refractivity contribution in [2.24, 2.45) is 0 Å². The molecule has 0 N–H and O–H groups in total. The van der Waals surface area contributed by atoms with Gasteiger partial charge in [0.1, 0.15) is 29.2 Å². The summed E-state index contributed by atoms with van der Waals surface area (Å²) in [5.41, 5.74) is 0.291. The number of carbonyl (C=O) groups excluding carboxylic acids is 1. The van der Waals surface area contributed by atoms with Gasteiger partial charge in [-0.3, -0.25) is 9.36 Å². The molecule has 1 aromatic heterocycles. The van der Waals surface area contributed by atoms with Crippen LogP contribution in [0.25, 0.3) is 5.69 Å². The van der Waals surface area contributed by atoms with Crippen LogP contribution in [-0.4, -0.2) is 39.7 Å². The number of benzene rings is 2. The number of carbonyl (C=O) groups is 1. The number of nitrogens with zero attached hydrogens (tertiary/aromatic N) is 3. The predicted molar refractivity (Wildman–Crippen MR) is 104 cm³/mol. The fraction of sp³-hybridized carbons (Fsp3) is 0.250. The molecule has 1 fully saturated rings. The molecule has 1 saturated heterocycles. The molecule has 0 saturated carbocycles. The molecule has 9 heteroatoms. The van der Waals surface area contributed by atoms with Crippen LogP contribution in [0.2, 0.25) is 0 Å². The van der Waals surface area contributed by atoms with E-state index in [0.717, 1.165) is 0 Å². The second kappa shape index (κ2) is 8.52. The monoisotopic (exact) mass is 415 g/mol. The van der Waals surface area contributed by atoms with Crippen molar-refractivity contribution in [2.45, 2.75) is 23.4 Å². The number of esters is 1. The molecule has 2 heterocycles. The zero-order valence-electron chi connectivity index (χ0n) is 15.6. The Morgan fingerprint density at radius 2 is 1.93 bits per heavy atom. The highest BCUT2D eigenvalue weighted by Crippen LogP contribution is 2.31. The van der Waals surface area contributed by atoms with Gasteiger partial charge in [-0.05, 0) is 36.4 Å². The fourth-order valence-electron chi connectivity index (χ4n) is 2.88. The zero-order valence-corrected chi connectivity index (χ0v) is 16.4. The minimum atomic E-state index is -0.422. The van der Waals surface area contributed by atoms with Crippen molar-refractivity contribution in [1.82, 2.24) is 14.8 Å². The molecular formula is C20H18FN3O4S. The van der Waals surface area contributed by atoms with Gasteiger partial charge in [-0.2, -0.15) is 0 Å². The van der Waals surface area contributed by atoms with E-state index in [1.165, 1.54) is 17.8 Å². The average Bonchev–Trinajstić information content (AvgIpc) is 3.33. The van der Waals surface area contributed by atoms with Gasteiger partial charge in [0.15, 0.2) is 11.0 Å². The Balaban J connectivity index is 1.62. The lowest BCUT2D eigenvalue weighted by Crippen LogP contribution is -2.13. The molecule has 1 aliphatic heterocycles. The Morgan fingerprint density at radius 1 is 1.17 bits per heavy atom. The summed E-state index contributed by atoms with van der Waals surface area (Å²) in [6.07, 6.45) is 0.575. The predicted octanol–water partition coefficient (Wildman–Crippen LogP) is 3.40. The van der Waals surface area contributed by atoms with E-state index in [0.29, 0.717) is 41.2 Å². The maximum Gasteiger partial charge on any atom is 0.319 e. The van der Waals surface area contributed by atoms with Gasteiger partial charge < -0.3 is 14.2 Å². The van der Waals surface area contributed by atoms with Crippen LogP contribution in [0.5, 0.6) is 11.5 Å². The van der Waals surface area contributed by atoms with Crippen LogP contribution < -0.4 is 9.47 Å². The van der Waals surface area contributed by atoms with Crippen molar-refractivity contribution in [3.05, 3.63) is 60.2 Å². The second-order valence-electron chi connectivity index (χ2n) is 6.21. The molecular weight excluding hydrogens is 397 g/mol. The van der Waals surface area contributed by atoms with E-state index < -0.39 is 5.82 Å². The first-order chi connectivity index (χ1) is 14.2. The molecule has 0 amide bonds. The maximum absolute atomic E-state index is 14.5. The molecule has 0 spiro atoms. The Hall–Kier alpha value is -3.07. The number of ether oxygens (including phenoxy) is 3. The number of cyclic esters (lactones) is 1. The summed E-state index contributed by atoms with van der Waals surface area (Å²) in [5, 5.41) is 8.37. The molecule has 2 aromatic carbocycles. The minimum absolute atomic E-state index is 0.0728. The molecule has 150 valence electrons. The standard InChI is InChI=1S/C20H18FN3O4S/c1-26-13-6-8-14(9-7-13)28-12-18-22-23-20(29-17-10-11-27-19(17)25)24(18)16-5-3-2-4-15(16)21/h2-9,17H,10-12H2,1H3/t17-/m1/s1. The smallest absolute Gasteiger partial charge is 0.319 e. The van der Waals surface area contributed by atoms with Gasteiger partial charge in [-0.15, -0.1) is 10.2 Å². The van der Waals surface area contributed by atoms with Gasteiger partial charge in [0.05, 0.1) is 19.4 Å². The van der Waals surface area contributed by atoms with Crippen molar-refractivity contribution in [3.63, 3.8) is 0 Å². The van der Waals surface area contributed by atoms with Gasteiger partial charge in [0.2, 0.25) is 0 Å². The summed E-state index contributed by atoms with van der Waals surface area (Å²) < 4.78 is 32.0. The van der Waals surface area contributed by atoms with E-state index in [1.807, 2.05) is 0 Å². The summed E-state index contributed by atoms with van der Waals surface area (Å²) >= 11 is 1.21. The number of thioether (sulfide) groups is 1. The lowest BCUT2D eigenvalue weighted by molar-refractivity contribution is -0.137. The number of para-hydroxylation sites is 1. The van der Waals surface area contributed by atoms with Crippen molar-refractivity contribution in [1.29, 1.82) is 0 Å². The lowest BCUT2D eigenvalue weighted by atomic mass is 10.3. The molecule has 29 heavy (non-hydrogen) atoms. The Kier molecular flexibility index (Phi) is 5.66. The SMILES string of the molecule is COc1ccc(OCc2nnc(S[C@@H]3CCOC3=O)n2-c2ccccc2F)cc1. The molecule has 1 atom stereocenters. The largest absolute Gasteiger partial charge is 0.497 e. The second-order valence-corrected chi connectivity index (χ2v) is 7.38. The van der Waals surface area contributed by atoms with Gasteiger partial charge in [-0.1, -0.05) is 23.9 Å². The summed E-state index contributed by atoms with van der Waals surface area (Å²) in [6, 6.07) is 13.4. The van der Waals surface area contributed by atoms with Crippen LogP contribution >= 0.6 is 11.8 Å². The lowest BCUT2D eigenvalue weighted by Gasteiger charge is -2.13. The number of halogens is 1. The third kappa shape index (κ3) is 4.19. The summed E-state index contributed by atoms with van der Waals surface area (Å²) in [4.78, 5) is 11.9. The molecule has 1 aliphatic rings. The van der Waals surface area contributed by atoms with Crippen LogP contribution in [0.3, 0.4) is 0 Å². The normalized spacial score (nSPS) is 15.9. The topological polar surface area (TPSA) is 75.5 Å². The van der Waals surface area contributed by atoms with Crippen molar-refractivity contribution < 1.29 is 23.4 Å². The molecule has 0 radical (unpaired) electrons. The highest BCUT2D eigenvalue weighted by Gasteiger charge is 2.30. The van der Waals surface area contributed by atoms with Crippen LogP contribution in [0.1, 0.15) is 12.2 Å². The van der Waals surface area contributed by atoms with Crippen LogP contribution in [0, 0.1) is 5.82 Å². The first-order valence-electron chi connectivity index (χ1n) is 8.95.